The van der Waals surface area contributed by atoms with Crippen molar-refractivity contribution in [3.8, 4) is 11.5 Å². The highest BCUT2D eigenvalue weighted by Gasteiger charge is 2.35. The van der Waals surface area contributed by atoms with E-state index in [-0.39, 0.29) is 23.2 Å². The Morgan fingerprint density at radius 1 is 1.19 bits per heavy atom. The molecule has 1 unspecified atom stereocenters. The van der Waals surface area contributed by atoms with E-state index >= 15 is 0 Å². The number of methoxy groups -OCH3 is 2. The minimum atomic E-state index is -0.260. The first-order valence-corrected chi connectivity index (χ1v) is 11.1. The van der Waals surface area contributed by atoms with Gasteiger partial charge in [0.25, 0.3) is 11.5 Å². The summed E-state index contributed by atoms with van der Waals surface area (Å²) in [5.41, 5.74) is 2.22. The molecule has 162 valence electrons. The number of thiophene rings is 1. The molecular formula is C23H25N3O4S. The van der Waals surface area contributed by atoms with Crippen molar-refractivity contribution in [3.63, 3.8) is 0 Å². The molecule has 0 fully saturated rings. The minimum Gasteiger partial charge on any atom is -0.493 e. The lowest BCUT2D eigenvalue weighted by Gasteiger charge is -2.37. The molecule has 0 aliphatic carbocycles. The van der Waals surface area contributed by atoms with Gasteiger partial charge < -0.3 is 14.4 Å². The number of carbonyl (C=O) groups excluding carboxylic acids is 1. The van der Waals surface area contributed by atoms with Crippen LogP contribution in [0.2, 0.25) is 0 Å². The molecule has 0 N–H and O–H groups in total. The van der Waals surface area contributed by atoms with E-state index in [1.54, 1.807) is 25.6 Å². The SMILES string of the molecule is CCCn1nc(C(=O)N2CCc3cc(OC)c(OC)cc3C2c2cccs2)ccc1=O. The van der Waals surface area contributed by atoms with E-state index in [1.807, 2.05) is 41.5 Å². The fourth-order valence-corrected chi connectivity index (χ4v) is 4.85. The average molecular weight is 440 g/mol. The van der Waals surface area contributed by atoms with Gasteiger partial charge in [0, 0.05) is 24.0 Å². The highest BCUT2D eigenvalue weighted by molar-refractivity contribution is 7.10. The van der Waals surface area contributed by atoms with Crippen molar-refractivity contribution in [1.82, 2.24) is 14.7 Å². The van der Waals surface area contributed by atoms with Crippen LogP contribution in [-0.4, -0.2) is 41.4 Å². The zero-order valence-electron chi connectivity index (χ0n) is 17.8. The molecule has 0 radical (unpaired) electrons. The Balaban J connectivity index is 1.79. The predicted molar refractivity (Wildman–Crippen MR) is 119 cm³/mol. The van der Waals surface area contributed by atoms with Gasteiger partial charge in [-0.2, -0.15) is 5.10 Å². The first-order chi connectivity index (χ1) is 15.1. The third-order valence-corrected chi connectivity index (χ3v) is 6.39. The summed E-state index contributed by atoms with van der Waals surface area (Å²) < 4.78 is 12.4. The van der Waals surface area contributed by atoms with E-state index in [4.69, 9.17) is 9.47 Å². The number of aromatic nitrogens is 2. The third-order valence-electron chi connectivity index (χ3n) is 5.47. The van der Waals surface area contributed by atoms with Crippen LogP contribution in [0.1, 0.15) is 45.9 Å². The highest BCUT2D eigenvalue weighted by atomic mass is 32.1. The summed E-state index contributed by atoms with van der Waals surface area (Å²) in [6.07, 6.45) is 1.46. The van der Waals surface area contributed by atoms with Gasteiger partial charge in [0.15, 0.2) is 11.5 Å². The number of amides is 1. The molecular weight excluding hydrogens is 414 g/mol. The molecule has 1 aliphatic heterocycles. The summed E-state index contributed by atoms with van der Waals surface area (Å²) in [6.45, 7) is 2.99. The Hall–Kier alpha value is -3.13. The van der Waals surface area contributed by atoms with Crippen LogP contribution in [-0.2, 0) is 13.0 Å². The van der Waals surface area contributed by atoms with Gasteiger partial charge in [-0.05, 0) is 53.6 Å². The molecule has 8 heteroatoms. The third kappa shape index (κ3) is 3.95. The molecule has 0 bridgehead atoms. The van der Waals surface area contributed by atoms with Gasteiger partial charge in [-0.1, -0.05) is 13.0 Å². The first kappa shape index (κ1) is 21.1. The highest BCUT2D eigenvalue weighted by Crippen LogP contribution is 2.42. The van der Waals surface area contributed by atoms with Crippen molar-refractivity contribution in [2.75, 3.05) is 20.8 Å². The van der Waals surface area contributed by atoms with Crippen molar-refractivity contribution < 1.29 is 14.3 Å². The van der Waals surface area contributed by atoms with Crippen molar-refractivity contribution >= 4 is 17.2 Å². The Kier molecular flexibility index (Phi) is 6.08. The number of hydrogen-bond donors (Lipinski definition) is 0. The molecule has 0 saturated heterocycles. The van der Waals surface area contributed by atoms with Crippen LogP contribution in [0, 0.1) is 0 Å². The van der Waals surface area contributed by atoms with E-state index in [2.05, 4.69) is 5.10 Å². The monoisotopic (exact) mass is 439 g/mol. The van der Waals surface area contributed by atoms with Gasteiger partial charge in [-0.3, -0.25) is 9.59 Å². The van der Waals surface area contributed by atoms with Gasteiger partial charge in [-0.25, -0.2) is 4.68 Å². The van der Waals surface area contributed by atoms with Gasteiger partial charge in [0.2, 0.25) is 0 Å². The number of nitrogens with zero attached hydrogens (tertiary/aromatic N) is 3. The van der Waals surface area contributed by atoms with Crippen molar-refractivity contribution in [2.24, 2.45) is 0 Å². The number of aryl methyl sites for hydroxylation is 1. The number of rotatable bonds is 6. The number of benzene rings is 1. The molecule has 2 aromatic heterocycles. The Morgan fingerprint density at radius 2 is 1.97 bits per heavy atom. The lowest BCUT2D eigenvalue weighted by molar-refractivity contribution is 0.0687. The standard InChI is InChI=1S/C23H25N3O4S/c1-4-10-26-21(27)8-7-17(24-26)23(28)25-11-9-15-13-18(29-2)19(30-3)14-16(15)22(25)20-6-5-12-31-20/h5-8,12-14,22H,4,9-11H2,1-3H3. The van der Waals surface area contributed by atoms with E-state index < -0.39 is 0 Å². The fraction of sp³-hybridized carbons (Fsp3) is 0.348. The van der Waals surface area contributed by atoms with Crippen LogP contribution in [0.3, 0.4) is 0 Å². The summed E-state index contributed by atoms with van der Waals surface area (Å²) in [7, 11) is 3.23. The maximum atomic E-state index is 13.6. The summed E-state index contributed by atoms with van der Waals surface area (Å²) in [5.74, 6) is 1.12. The molecule has 7 nitrogen and oxygen atoms in total. The largest absolute Gasteiger partial charge is 0.493 e. The first-order valence-electron chi connectivity index (χ1n) is 10.2. The van der Waals surface area contributed by atoms with Crippen molar-refractivity contribution in [2.45, 2.75) is 32.4 Å². The Bertz CT molecular complexity index is 1140. The summed E-state index contributed by atoms with van der Waals surface area (Å²) >= 11 is 1.60. The van der Waals surface area contributed by atoms with Crippen molar-refractivity contribution in [3.05, 3.63) is 73.8 Å². The second-order valence-electron chi connectivity index (χ2n) is 7.35. The fourth-order valence-electron chi connectivity index (χ4n) is 4.00. The van der Waals surface area contributed by atoms with Gasteiger partial charge in [0.1, 0.15) is 5.69 Å². The number of hydrogen-bond acceptors (Lipinski definition) is 6. The van der Waals surface area contributed by atoms with E-state index in [0.717, 1.165) is 22.4 Å². The molecule has 0 spiro atoms. The molecule has 1 amide bonds. The molecule has 31 heavy (non-hydrogen) atoms. The van der Waals surface area contributed by atoms with Gasteiger partial charge >= 0.3 is 0 Å². The maximum Gasteiger partial charge on any atom is 0.275 e. The predicted octanol–water partition coefficient (Wildman–Crippen LogP) is 3.52. The van der Waals surface area contributed by atoms with Crippen LogP contribution < -0.4 is 15.0 Å². The van der Waals surface area contributed by atoms with Crippen LogP contribution in [0.15, 0.2) is 46.6 Å². The molecule has 1 aliphatic rings. The number of ether oxygens (including phenoxy) is 2. The second kappa shape index (κ2) is 8.93. The maximum absolute atomic E-state index is 13.6. The minimum absolute atomic E-state index is 0.191. The van der Waals surface area contributed by atoms with Gasteiger partial charge in [-0.15, -0.1) is 11.3 Å². The molecule has 3 aromatic rings. The zero-order valence-corrected chi connectivity index (χ0v) is 18.6. The molecule has 3 heterocycles. The van der Waals surface area contributed by atoms with Crippen LogP contribution in [0.5, 0.6) is 11.5 Å². The quantitative estimate of drug-likeness (QED) is 0.588. The van der Waals surface area contributed by atoms with Crippen LogP contribution in [0.4, 0.5) is 0 Å². The zero-order chi connectivity index (χ0) is 22.0. The average Bonchev–Trinajstić information content (AvgIpc) is 3.33. The van der Waals surface area contributed by atoms with E-state index in [9.17, 15) is 9.59 Å². The normalized spacial score (nSPS) is 15.5. The lowest BCUT2D eigenvalue weighted by atomic mass is 9.90. The Labute approximate surface area is 184 Å². The number of carbonyl (C=O) groups is 1. The molecule has 0 saturated carbocycles. The van der Waals surface area contributed by atoms with E-state index in [0.29, 0.717) is 31.0 Å². The summed E-state index contributed by atoms with van der Waals surface area (Å²) in [6, 6.07) is 10.7. The summed E-state index contributed by atoms with van der Waals surface area (Å²) in [5, 5.41) is 6.35. The summed E-state index contributed by atoms with van der Waals surface area (Å²) in [4.78, 5) is 28.5. The van der Waals surface area contributed by atoms with Crippen LogP contribution in [0.25, 0.3) is 0 Å². The lowest BCUT2D eigenvalue weighted by Crippen LogP contribution is -2.41. The van der Waals surface area contributed by atoms with E-state index in [1.165, 1.54) is 16.8 Å². The topological polar surface area (TPSA) is 73.7 Å². The number of fused-ring (bicyclic) bond motifs is 1. The van der Waals surface area contributed by atoms with Crippen molar-refractivity contribution in [1.29, 1.82) is 0 Å². The van der Waals surface area contributed by atoms with Gasteiger partial charge in [0.05, 0.1) is 20.3 Å². The molecule has 1 aromatic carbocycles. The van der Waals surface area contributed by atoms with Crippen LogP contribution >= 0.6 is 11.3 Å². The molecule has 4 rings (SSSR count). The second-order valence-corrected chi connectivity index (χ2v) is 8.33. The Morgan fingerprint density at radius 3 is 2.65 bits per heavy atom. The molecule has 1 atom stereocenters. The smallest absolute Gasteiger partial charge is 0.275 e.